The highest BCUT2D eigenvalue weighted by Crippen LogP contribution is 2.45. The van der Waals surface area contributed by atoms with Crippen LogP contribution < -0.4 is 37.9 Å². The van der Waals surface area contributed by atoms with Crippen molar-refractivity contribution in [3.05, 3.63) is 142 Å². The smallest absolute Gasteiger partial charge is 0.130 e. The van der Waals surface area contributed by atoms with Gasteiger partial charge in [-0.2, -0.15) is 0 Å². The van der Waals surface area contributed by atoms with Gasteiger partial charge in [-0.3, -0.25) is 0 Å². The van der Waals surface area contributed by atoms with Gasteiger partial charge in [0.15, 0.2) is 0 Å². The summed E-state index contributed by atoms with van der Waals surface area (Å²) in [5, 5.41) is 8.24. The molecule has 0 radical (unpaired) electrons. The summed E-state index contributed by atoms with van der Waals surface area (Å²) < 4.78 is 48.5. The Labute approximate surface area is 350 Å². The molecular weight excluding hydrogens is 753 g/mol. The molecule has 1 aliphatic rings. The van der Waals surface area contributed by atoms with Crippen molar-refractivity contribution in [2.75, 3.05) is 56.9 Å². The van der Waals surface area contributed by atoms with Crippen LogP contribution in [0.15, 0.2) is 97.1 Å². The van der Waals surface area contributed by atoms with Crippen LogP contribution in [0.5, 0.6) is 46.0 Å². The first-order valence-corrected chi connectivity index (χ1v) is 20.0. The lowest BCUT2D eigenvalue weighted by Crippen LogP contribution is -2.06. The Balaban J connectivity index is 1.43. The van der Waals surface area contributed by atoms with Crippen LogP contribution in [0.1, 0.15) is 44.5 Å². The summed E-state index contributed by atoms with van der Waals surface area (Å²) >= 11 is 0. The summed E-state index contributed by atoms with van der Waals surface area (Å²) in [7, 11) is 13.8. The molecule has 0 saturated heterocycles. The first-order chi connectivity index (χ1) is 29.3. The molecule has 304 valence electrons. The SMILES string of the molecule is COc1ccc2c(OC)c3cc(c2c1)Cc1cc(c2cc(OC)ccc2c1OC)Cc1cc(c2cc(OC)ccc2c1OC)Cc1cc(c(OC)c2ccc(OC)cc12)C3. The van der Waals surface area contributed by atoms with E-state index in [2.05, 4.69) is 72.8 Å². The highest BCUT2D eigenvalue weighted by Gasteiger charge is 2.24. The summed E-state index contributed by atoms with van der Waals surface area (Å²) in [6.45, 7) is 0. The van der Waals surface area contributed by atoms with Crippen LogP contribution in [-0.2, 0) is 25.7 Å². The third-order valence-corrected chi connectivity index (χ3v) is 12.2. The molecule has 0 heterocycles. The van der Waals surface area contributed by atoms with Gasteiger partial charge in [-0.25, -0.2) is 0 Å². The van der Waals surface area contributed by atoms with Crippen molar-refractivity contribution in [2.45, 2.75) is 25.7 Å². The maximum atomic E-state index is 6.34. The van der Waals surface area contributed by atoms with Crippen molar-refractivity contribution >= 4 is 43.1 Å². The average molecular weight is 801 g/mol. The number of ether oxygens (including phenoxy) is 8. The van der Waals surface area contributed by atoms with Crippen LogP contribution in [0.2, 0.25) is 0 Å². The molecule has 0 aliphatic heterocycles. The number of hydrogen-bond donors (Lipinski definition) is 0. The van der Waals surface area contributed by atoms with Crippen LogP contribution in [-0.4, -0.2) is 56.9 Å². The number of fused-ring (bicyclic) bond motifs is 16. The van der Waals surface area contributed by atoms with Gasteiger partial charge in [-0.15, -0.1) is 0 Å². The lowest BCUT2D eigenvalue weighted by Gasteiger charge is -2.23. The van der Waals surface area contributed by atoms with Gasteiger partial charge < -0.3 is 37.9 Å². The Morgan fingerprint density at radius 3 is 0.667 bits per heavy atom. The van der Waals surface area contributed by atoms with Gasteiger partial charge in [0.2, 0.25) is 0 Å². The lowest BCUT2D eigenvalue weighted by atomic mass is 9.86. The Morgan fingerprint density at radius 2 is 0.450 bits per heavy atom. The van der Waals surface area contributed by atoms with E-state index >= 15 is 0 Å². The molecule has 8 aromatic carbocycles. The fourth-order valence-electron chi connectivity index (χ4n) is 9.46. The minimum absolute atomic E-state index is 0.554. The zero-order valence-electron chi connectivity index (χ0n) is 35.3. The Hall–Kier alpha value is -6.80. The predicted molar refractivity (Wildman–Crippen MR) is 239 cm³/mol. The third-order valence-electron chi connectivity index (χ3n) is 12.2. The van der Waals surface area contributed by atoms with Crippen LogP contribution in [0.3, 0.4) is 0 Å². The minimum Gasteiger partial charge on any atom is -0.497 e. The average Bonchev–Trinajstić information content (AvgIpc) is 3.28. The fraction of sp³-hybridized carbons (Fsp3) is 0.231. The van der Waals surface area contributed by atoms with Gasteiger partial charge in [0.25, 0.3) is 0 Å². The van der Waals surface area contributed by atoms with E-state index in [4.69, 9.17) is 37.9 Å². The number of rotatable bonds is 8. The molecule has 0 fully saturated rings. The quantitative estimate of drug-likeness (QED) is 0.150. The maximum absolute atomic E-state index is 6.34. The molecule has 8 bridgehead atoms. The molecule has 8 heteroatoms. The van der Waals surface area contributed by atoms with Crippen LogP contribution in [0.25, 0.3) is 43.1 Å². The van der Waals surface area contributed by atoms with Crippen LogP contribution in [0.4, 0.5) is 0 Å². The molecule has 8 aromatic rings. The van der Waals surface area contributed by atoms with Gasteiger partial charge in [0.05, 0.1) is 56.9 Å². The van der Waals surface area contributed by atoms with Gasteiger partial charge in [-0.05, 0) is 145 Å². The van der Waals surface area contributed by atoms with E-state index in [0.717, 1.165) is 134 Å². The summed E-state index contributed by atoms with van der Waals surface area (Å²) in [5.74, 6) is 6.36. The minimum atomic E-state index is 0.554. The van der Waals surface area contributed by atoms with Crippen molar-refractivity contribution in [1.29, 1.82) is 0 Å². The molecule has 9 rings (SSSR count). The monoisotopic (exact) mass is 800 g/mol. The topological polar surface area (TPSA) is 73.8 Å². The first kappa shape index (κ1) is 38.7. The number of methoxy groups -OCH3 is 8. The standard InChI is InChI=1S/C52H48O8/c1-53-37-9-13-41-45(25-37)29-17-30-19-35(51(59-7)42-14-10-38(54-2)26-46(30)42)24-36-23-32(48-28-40(56-4)12-16-44(48)52(36)60-8)22-34-21-31(20-33(18-29)49(41)57-5)47-27-39(55-3)11-15-43(47)50(34)58-6/h9-16,18-19,21,23,25-28H,17,20,22,24H2,1-8H3. The number of benzene rings is 8. The largest absolute Gasteiger partial charge is 0.497 e. The maximum Gasteiger partial charge on any atom is 0.130 e. The van der Waals surface area contributed by atoms with Crippen molar-refractivity contribution < 1.29 is 37.9 Å². The second kappa shape index (κ2) is 15.8. The molecule has 0 spiro atoms. The van der Waals surface area contributed by atoms with Crippen LogP contribution >= 0.6 is 0 Å². The second-order valence-corrected chi connectivity index (χ2v) is 15.3. The molecule has 60 heavy (non-hydrogen) atoms. The highest BCUT2D eigenvalue weighted by atomic mass is 16.5. The second-order valence-electron chi connectivity index (χ2n) is 15.3. The van der Waals surface area contributed by atoms with E-state index in [0.29, 0.717) is 25.7 Å². The Bertz CT molecular complexity index is 2980. The normalized spacial score (nSPS) is 12.4. The van der Waals surface area contributed by atoms with Crippen molar-refractivity contribution in [3.8, 4) is 46.0 Å². The summed E-state index contributed by atoms with van der Waals surface area (Å²) in [6.07, 6.45) is 2.34. The molecule has 0 N–H and O–H groups in total. The van der Waals surface area contributed by atoms with Gasteiger partial charge in [0, 0.05) is 40.8 Å². The third kappa shape index (κ3) is 6.47. The zero-order valence-corrected chi connectivity index (χ0v) is 35.3. The fourth-order valence-corrected chi connectivity index (χ4v) is 9.46. The number of hydrogen-bond acceptors (Lipinski definition) is 8. The lowest BCUT2D eigenvalue weighted by molar-refractivity contribution is 0.409. The van der Waals surface area contributed by atoms with Crippen molar-refractivity contribution in [2.24, 2.45) is 0 Å². The summed E-state index contributed by atoms with van der Waals surface area (Å²) in [4.78, 5) is 0. The molecular formula is C52H48O8. The summed E-state index contributed by atoms with van der Waals surface area (Å²) in [5.41, 5.74) is 8.73. The van der Waals surface area contributed by atoms with E-state index < -0.39 is 0 Å². The van der Waals surface area contributed by atoms with E-state index in [1.54, 1.807) is 56.9 Å². The molecule has 0 saturated carbocycles. The summed E-state index contributed by atoms with van der Waals surface area (Å²) in [6, 6.07) is 34.0. The van der Waals surface area contributed by atoms with Gasteiger partial charge in [-0.1, -0.05) is 24.3 Å². The van der Waals surface area contributed by atoms with E-state index in [1.807, 2.05) is 24.3 Å². The Morgan fingerprint density at radius 1 is 0.233 bits per heavy atom. The van der Waals surface area contributed by atoms with E-state index in [1.165, 1.54) is 0 Å². The highest BCUT2D eigenvalue weighted by molar-refractivity contribution is 5.99. The van der Waals surface area contributed by atoms with Gasteiger partial charge in [0.1, 0.15) is 46.0 Å². The van der Waals surface area contributed by atoms with Gasteiger partial charge >= 0.3 is 0 Å². The van der Waals surface area contributed by atoms with Crippen molar-refractivity contribution in [1.82, 2.24) is 0 Å². The molecule has 1 aliphatic carbocycles. The van der Waals surface area contributed by atoms with Crippen LogP contribution in [0, 0.1) is 0 Å². The molecule has 0 amide bonds. The molecule has 0 atom stereocenters. The molecule has 8 nitrogen and oxygen atoms in total. The zero-order chi connectivity index (χ0) is 41.7. The van der Waals surface area contributed by atoms with Crippen molar-refractivity contribution in [3.63, 3.8) is 0 Å². The predicted octanol–water partition coefficient (Wildman–Crippen LogP) is 11.0. The first-order valence-electron chi connectivity index (χ1n) is 20.0. The Kier molecular flexibility index (Phi) is 10.2. The molecule has 0 unspecified atom stereocenters. The molecule has 0 aromatic heterocycles. The van der Waals surface area contributed by atoms with E-state index in [9.17, 15) is 0 Å². The van der Waals surface area contributed by atoms with E-state index in [-0.39, 0.29) is 0 Å².